The summed E-state index contributed by atoms with van der Waals surface area (Å²) in [4.78, 5) is 12.3. The van der Waals surface area contributed by atoms with Crippen LogP contribution in [0.15, 0.2) is 54.6 Å². The summed E-state index contributed by atoms with van der Waals surface area (Å²) >= 11 is 0. The molecule has 4 heteroatoms. The summed E-state index contributed by atoms with van der Waals surface area (Å²) in [6, 6.07) is 16.6. The lowest BCUT2D eigenvalue weighted by molar-refractivity contribution is 0.102. The van der Waals surface area contributed by atoms with Gasteiger partial charge in [-0.25, -0.2) is 0 Å². The number of epoxide rings is 1. The van der Waals surface area contributed by atoms with Crippen molar-refractivity contribution in [1.29, 1.82) is 0 Å². The SMILES string of the molecule is O=C(Nc1ccccc1)c1ccccc1OCC1CO1. The Hall–Kier alpha value is -2.33. The minimum absolute atomic E-state index is 0.167. The van der Waals surface area contributed by atoms with Gasteiger partial charge in [-0.3, -0.25) is 4.79 Å². The Morgan fingerprint density at radius 2 is 1.85 bits per heavy atom. The van der Waals surface area contributed by atoms with Crippen LogP contribution in [-0.4, -0.2) is 25.2 Å². The van der Waals surface area contributed by atoms with Crippen molar-refractivity contribution in [2.75, 3.05) is 18.5 Å². The van der Waals surface area contributed by atoms with Gasteiger partial charge in [0.05, 0.1) is 12.2 Å². The molecule has 3 rings (SSSR count). The predicted octanol–water partition coefficient (Wildman–Crippen LogP) is 2.72. The van der Waals surface area contributed by atoms with E-state index in [0.717, 1.165) is 12.3 Å². The molecule has 1 atom stereocenters. The molecule has 0 spiro atoms. The molecule has 1 fully saturated rings. The third kappa shape index (κ3) is 3.16. The number of ether oxygens (including phenoxy) is 2. The van der Waals surface area contributed by atoms with Crippen LogP contribution >= 0.6 is 0 Å². The van der Waals surface area contributed by atoms with Gasteiger partial charge in [-0.1, -0.05) is 30.3 Å². The molecule has 2 aromatic carbocycles. The van der Waals surface area contributed by atoms with Gasteiger partial charge in [0, 0.05) is 5.69 Å². The van der Waals surface area contributed by atoms with Crippen LogP contribution in [-0.2, 0) is 4.74 Å². The Labute approximate surface area is 117 Å². The molecule has 0 radical (unpaired) electrons. The minimum atomic E-state index is -0.177. The number of amides is 1. The van der Waals surface area contributed by atoms with E-state index in [0.29, 0.717) is 17.9 Å². The summed E-state index contributed by atoms with van der Waals surface area (Å²) in [5.41, 5.74) is 1.29. The predicted molar refractivity (Wildman–Crippen MR) is 76.1 cm³/mol. The molecule has 2 aromatic rings. The zero-order valence-electron chi connectivity index (χ0n) is 10.9. The molecule has 0 saturated carbocycles. The first-order chi connectivity index (χ1) is 9.83. The van der Waals surface area contributed by atoms with Gasteiger partial charge in [0.25, 0.3) is 5.91 Å². The smallest absolute Gasteiger partial charge is 0.259 e. The molecule has 1 N–H and O–H groups in total. The molecular weight excluding hydrogens is 254 g/mol. The Morgan fingerprint density at radius 3 is 2.60 bits per heavy atom. The quantitative estimate of drug-likeness (QED) is 0.849. The van der Waals surface area contributed by atoms with Gasteiger partial charge in [0.2, 0.25) is 0 Å². The van der Waals surface area contributed by atoms with E-state index < -0.39 is 0 Å². The topological polar surface area (TPSA) is 50.9 Å². The van der Waals surface area contributed by atoms with E-state index in [4.69, 9.17) is 9.47 Å². The standard InChI is InChI=1S/C16H15NO3/c18-16(17-12-6-2-1-3-7-12)14-8-4-5-9-15(14)20-11-13-10-19-13/h1-9,13H,10-11H2,(H,17,18). The lowest BCUT2D eigenvalue weighted by atomic mass is 10.2. The average molecular weight is 269 g/mol. The van der Waals surface area contributed by atoms with Gasteiger partial charge in [0.15, 0.2) is 0 Å². The van der Waals surface area contributed by atoms with Crippen molar-refractivity contribution in [1.82, 2.24) is 0 Å². The number of hydrogen-bond acceptors (Lipinski definition) is 3. The first-order valence-corrected chi connectivity index (χ1v) is 6.53. The number of nitrogens with one attached hydrogen (secondary N) is 1. The van der Waals surface area contributed by atoms with Crippen molar-refractivity contribution in [2.24, 2.45) is 0 Å². The maximum Gasteiger partial charge on any atom is 0.259 e. The van der Waals surface area contributed by atoms with Crippen LogP contribution in [0.1, 0.15) is 10.4 Å². The van der Waals surface area contributed by atoms with E-state index in [1.807, 2.05) is 42.5 Å². The first kappa shape index (κ1) is 12.7. The van der Waals surface area contributed by atoms with Crippen LogP contribution in [0.4, 0.5) is 5.69 Å². The molecule has 0 aliphatic carbocycles. The van der Waals surface area contributed by atoms with Crippen LogP contribution in [0.25, 0.3) is 0 Å². The molecule has 20 heavy (non-hydrogen) atoms. The Morgan fingerprint density at radius 1 is 1.15 bits per heavy atom. The number of anilines is 1. The van der Waals surface area contributed by atoms with Gasteiger partial charge in [-0.15, -0.1) is 0 Å². The Balaban J connectivity index is 1.72. The molecule has 102 valence electrons. The van der Waals surface area contributed by atoms with Gasteiger partial charge in [0.1, 0.15) is 18.5 Å². The van der Waals surface area contributed by atoms with Crippen molar-refractivity contribution in [2.45, 2.75) is 6.10 Å². The second-order valence-electron chi connectivity index (χ2n) is 4.58. The van der Waals surface area contributed by atoms with Crippen LogP contribution in [0.5, 0.6) is 5.75 Å². The molecule has 1 aliphatic rings. The Bertz CT molecular complexity index is 594. The van der Waals surface area contributed by atoms with E-state index in [9.17, 15) is 4.79 Å². The molecule has 1 heterocycles. The summed E-state index contributed by atoms with van der Waals surface area (Å²) in [5, 5.41) is 2.85. The van der Waals surface area contributed by atoms with Gasteiger partial charge in [-0.05, 0) is 24.3 Å². The highest BCUT2D eigenvalue weighted by Gasteiger charge is 2.24. The van der Waals surface area contributed by atoms with Crippen molar-refractivity contribution in [3.05, 3.63) is 60.2 Å². The largest absolute Gasteiger partial charge is 0.490 e. The minimum Gasteiger partial charge on any atom is -0.490 e. The van der Waals surface area contributed by atoms with E-state index >= 15 is 0 Å². The third-order valence-corrected chi connectivity index (χ3v) is 2.99. The summed E-state index contributed by atoms with van der Waals surface area (Å²) < 4.78 is 10.7. The van der Waals surface area contributed by atoms with Crippen LogP contribution in [0.2, 0.25) is 0 Å². The number of para-hydroxylation sites is 2. The normalized spacial score (nSPS) is 16.5. The number of rotatable bonds is 5. The second-order valence-corrected chi connectivity index (χ2v) is 4.58. The van der Waals surface area contributed by atoms with Crippen LogP contribution in [0, 0.1) is 0 Å². The van der Waals surface area contributed by atoms with Crippen molar-refractivity contribution in [3.8, 4) is 5.75 Å². The number of carbonyl (C=O) groups excluding carboxylic acids is 1. The maximum absolute atomic E-state index is 12.3. The summed E-state index contributed by atoms with van der Waals surface area (Å²) in [7, 11) is 0. The van der Waals surface area contributed by atoms with E-state index in [2.05, 4.69) is 5.32 Å². The fraction of sp³-hybridized carbons (Fsp3) is 0.188. The average Bonchev–Trinajstić information content (AvgIpc) is 3.31. The molecule has 1 aliphatic heterocycles. The zero-order chi connectivity index (χ0) is 13.8. The fourth-order valence-electron chi connectivity index (χ4n) is 1.85. The first-order valence-electron chi connectivity index (χ1n) is 6.53. The van der Waals surface area contributed by atoms with Gasteiger partial charge in [-0.2, -0.15) is 0 Å². The summed E-state index contributed by atoms with van der Waals surface area (Å²) in [6.07, 6.45) is 0.167. The van der Waals surface area contributed by atoms with E-state index in [1.165, 1.54) is 0 Å². The highest BCUT2D eigenvalue weighted by atomic mass is 16.6. The molecule has 4 nitrogen and oxygen atoms in total. The van der Waals surface area contributed by atoms with E-state index in [-0.39, 0.29) is 12.0 Å². The van der Waals surface area contributed by atoms with Crippen molar-refractivity contribution < 1.29 is 14.3 Å². The van der Waals surface area contributed by atoms with E-state index in [1.54, 1.807) is 12.1 Å². The molecular formula is C16H15NO3. The summed E-state index contributed by atoms with van der Waals surface area (Å²) in [6.45, 7) is 1.22. The number of benzene rings is 2. The monoisotopic (exact) mass is 269 g/mol. The van der Waals surface area contributed by atoms with Gasteiger partial charge < -0.3 is 14.8 Å². The Kier molecular flexibility index (Phi) is 3.65. The lowest BCUT2D eigenvalue weighted by Gasteiger charge is -2.10. The molecule has 1 unspecified atom stereocenters. The second kappa shape index (κ2) is 5.75. The molecule has 0 bridgehead atoms. The zero-order valence-corrected chi connectivity index (χ0v) is 10.9. The maximum atomic E-state index is 12.3. The lowest BCUT2D eigenvalue weighted by Crippen LogP contribution is -2.14. The molecule has 1 amide bonds. The highest BCUT2D eigenvalue weighted by molar-refractivity contribution is 6.06. The fourth-order valence-corrected chi connectivity index (χ4v) is 1.85. The van der Waals surface area contributed by atoms with Crippen LogP contribution in [0.3, 0.4) is 0 Å². The van der Waals surface area contributed by atoms with Crippen molar-refractivity contribution in [3.63, 3.8) is 0 Å². The number of hydrogen-bond donors (Lipinski definition) is 1. The molecule has 1 saturated heterocycles. The highest BCUT2D eigenvalue weighted by Crippen LogP contribution is 2.21. The molecule has 0 aromatic heterocycles. The number of carbonyl (C=O) groups is 1. The van der Waals surface area contributed by atoms with Crippen molar-refractivity contribution >= 4 is 11.6 Å². The van der Waals surface area contributed by atoms with Crippen LogP contribution < -0.4 is 10.1 Å². The third-order valence-electron chi connectivity index (χ3n) is 2.99. The summed E-state index contributed by atoms with van der Waals surface area (Å²) in [5.74, 6) is 0.403. The van der Waals surface area contributed by atoms with Gasteiger partial charge >= 0.3 is 0 Å².